The molecule has 1 aliphatic rings. The van der Waals surface area contributed by atoms with Crippen LogP contribution in [0.5, 0.6) is 5.75 Å². The third-order valence-electron chi connectivity index (χ3n) is 17.1. The molecule has 0 saturated carbocycles. The second-order valence-electron chi connectivity index (χ2n) is 25.1. The Hall–Kier alpha value is -9.92. The van der Waals surface area contributed by atoms with Crippen molar-refractivity contribution in [3.63, 3.8) is 0 Å². The summed E-state index contributed by atoms with van der Waals surface area (Å²) < 4.78 is 0. The second-order valence-corrected chi connectivity index (χ2v) is 25.1. The molecule has 1 aromatic heterocycles. The van der Waals surface area contributed by atoms with Crippen LogP contribution in [0.3, 0.4) is 0 Å². The predicted octanol–water partition coefficient (Wildman–Crippen LogP) is -1.74. The predicted molar refractivity (Wildman–Crippen MR) is 365 cm³/mol. The number of guanidine groups is 1. The number of carboxylic acids is 2. The Morgan fingerprint density at radius 2 is 1.02 bits per heavy atom. The number of hydrogen-bond donors (Lipinski definition) is 18. The maximum absolute atomic E-state index is 15.0. The number of nitrogens with zero attached hydrogens (tertiary/aromatic N) is 2. The van der Waals surface area contributed by atoms with Gasteiger partial charge in [0.15, 0.2) is 5.96 Å². The number of para-hydroxylation sites is 1. The smallest absolute Gasteiger partial charge is 0.303 e. The first-order chi connectivity index (χ1) is 47.0. The number of aromatic amines is 1. The number of hydrogen-bond acceptors (Lipinski definition) is 17. The van der Waals surface area contributed by atoms with Crippen LogP contribution in [0.25, 0.3) is 10.9 Å². The van der Waals surface area contributed by atoms with Crippen molar-refractivity contribution in [1.29, 1.82) is 0 Å². The summed E-state index contributed by atoms with van der Waals surface area (Å²) in [4.78, 5) is 187. The lowest BCUT2D eigenvalue weighted by Gasteiger charge is -2.29. The van der Waals surface area contributed by atoms with Crippen molar-refractivity contribution in [2.45, 2.75) is 204 Å². The van der Waals surface area contributed by atoms with E-state index in [1.807, 2.05) is 0 Å². The van der Waals surface area contributed by atoms with E-state index in [0.717, 1.165) is 0 Å². The van der Waals surface area contributed by atoms with Crippen LogP contribution in [-0.2, 0) is 75.2 Å². The van der Waals surface area contributed by atoms with Crippen molar-refractivity contribution in [3.05, 3.63) is 65.9 Å². The Labute approximate surface area is 574 Å². The average Bonchev–Trinajstić information content (AvgIpc) is 1.65. The van der Waals surface area contributed by atoms with E-state index in [-0.39, 0.29) is 88.6 Å². The van der Waals surface area contributed by atoms with Crippen LogP contribution in [0.2, 0.25) is 0 Å². The molecule has 33 nitrogen and oxygen atoms in total. The van der Waals surface area contributed by atoms with Crippen LogP contribution in [0.15, 0.2) is 59.7 Å². The fourth-order valence-electron chi connectivity index (χ4n) is 11.3. The van der Waals surface area contributed by atoms with Gasteiger partial charge < -0.3 is 102 Å². The van der Waals surface area contributed by atoms with Crippen LogP contribution in [0, 0.1) is 11.8 Å². The Kier molecular flexibility index (Phi) is 34.1. The Morgan fingerprint density at radius 1 is 0.566 bits per heavy atom. The molecule has 0 radical (unpaired) electrons. The van der Waals surface area contributed by atoms with Gasteiger partial charge in [0.1, 0.15) is 66.2 Å². The number of amides is 11. The number of aromatic hydroxyl groups is 1. The third kappa shape index (κ3) is 27.1. The number of carbonyl (C=O) groups excluding carboxylic acids is 11. The largest absolute Gasteiger partial charge is 0.508 e. The molecular formula is C66H101N17O16. The SMILES string of the molecule is CCC(C)C(NC(=O)C(Cc1ccc(O)cc1)NC(=O)C(CCC(=O)O)NC(=O)C(CCCN=C(N)N)NC(=O)C(NC(=O)C(Cc1c[nH]c2ccccc12)NC(=O)C(CCCCN)NC(=O)C(CCCCN)NC(=O)C(CCC(=O)O)NC(=O)C1CCCN1C(C)=O)C(C)C)C(N)=O. The zero-order valence-corrected chi connectivity index (χ0v) is 56.9. The summed E-state index contributed by atoms with van der Waals surface area (Å²) in [7, 11) is 0. The minimum Gasteiger partial charge on any atom is -0.508 e. The van der Waals surface area contributed by atoms with Crippen LogP contribution < -0.4 is 76.5 Å². The molecule has 546 valence electrons. The van der Waals surface area contributed by atoms with Gasteiger partial charge in [-0.15, -0.1) is 0 Å². The van der Waals surface area contributed by atoms with Gasteiger partial charge in [0.25, 0.3) is 0 Å². The molecule has 11 atom stereocenters. The lowest BCUT2D eigenvalue weighted by molar-refractivity contribution is -0.140. The van der Waals surface area contributed by atoms with Crippen molar-refractivity contribution in [2.24, 2.45) is 45.5 Å². The summed E-state index contributed by atoms with van der Waals surface area (Å²) >= 11 is 0. The van der Waals surface area contributed by atoms with Gasteiger partial charge in [-0.3, -0.25) is 67.3 Å². The van der Waals surface area contributed by atoms with E-state index in [9.17, 15) is 72.9 Å². The molecule has 0 aliphatic carbocycles. The van der Waals surface area contributed by atoms with Gasteiger partial charge in [-0.05, 0) is 131 Å². The zero-order chi connectivity index (χ0) is 73.5. The highest BCUT2D eigenvalue weighted by Crippen LogP contribution is 2.22. The minimum atomic E-state index is -1.69. The van der Waals surface area contributed by atoms with E-state index in [1.54, 1.807) is 58.2 Å². The normalized spacial score (nSPS) is 15.8. The quantitative estimate of drug-likeness (QED) is 0.0170. The van der Waals surface area contributed by atoms with E-state index in [4.69, 9.17) is 28.7 Å². The molecule has 11 amide bonds. The number of phenolic OH excluding ortho intramolecular Hbond substituents is 1. The summed E-state index contributed by atoms with van der Waals surface area (Å²) in [6.45, 7) is 8.57. The topological polar surface area (TPSA) is 552 Å². The van der Waals surface area contributed by atoms with E-state index in [0.29, 0.717) is 67.1 Å². The van der Waals surface area contributed by atoms with Gasteiger partial charge in [0.2, 0.25) is 65.0 Å². The average molecular weight is 1390 g/mol. The number of fused-ring (bicyclic) bond motifs is 1. The Bertz CT molecular complexity index is 3290. The van der Waals surface area contributed by atoms with Crippen molar-refractivity contribution in [3.8, 4) is 5.75 Å². The molecule has 2 heterocycles. The third-order valence-corrected chi connectivity index (χ3v) is 17.1. The van der Waals surface area contributed by atoms with Crippen molar-refractivity contribution in [1.82, 2.24) is 57.7 Å². The highest BCUT2D eigenvalue weighted by Gasteiger charge is 2.39. The number of H-pyrrole nitrogens is 1. The number of benzene rings is 2. The number of primary amides is 1. The van der Waals surface area contributed by atoms with Crippen LogP contribution in [0.1, 0.15) is 142 Å². The fraction of sp³-hybridized carbons (Fsp3) is 0.576. The zero-order valence-electron chi connectivity index (χ0n) is 56.9. The number of phenols is 1. The van der Waals surface area contributed by atoms with Gasteiger partial charge in [0, 0.05) is 62.8 Å². The summed E-state index contributed by atoms with van der Waals surface area (Å²) in [5.74, 6) is -13.5. The molecule has 0 bridgehead atoms. The second kappa shape index (κ2) is 41.4. The molecule has 4 rings (SSSR count). The van der Waals surface area contributed by atoms with Crippen molar-refractivity contribution in [2.75, 3.05) is 26.2 Å². The number of carbonyl (C=O) groups is 13. The molecule has 0 spiro atoms. The number of nitrogens with two attached hydrogens (primary N) is 5. The van der Waals surface area contributed by atoms with Crippen LogP contribution >= 0.6 is 0 Å². The van der Waals surface area contributed by atoms with E-state index in [1.165, 1.54) is 36.1 Å². The minimum absolute atomic E-state index is 0.0285. The molecule has 33 heteroatoms. The molecule has 23 N–H and O–H groups in total. The number of aliphatic carboxylic acids is 2. The lowest BCUT2D eigenvalue weighted by atomic mass is 9.97. The maximum Gasteiger partial charge on any atom is 0.303 e. The van der Waals surface area contributed by atoms with Gasteiger partial charge in [-0.1, -0.05) is 64.4 Å². The molecule has 1 aliphatic heterocycles. The molecular weight excluding hydrogens is 1290 g/mol. The Morgan fingerprint density at radius 3 is 1.49 bits per heavy atom. The van der Waals surface area contributed by atoms with Gasteiger partial charge in [-0.2, -0.15) is 0 Å². The molecule has 11 unspecified atom stereocenters. The summed E-state index contributed by atoms with van der Waals surface area (Å²) in [6.07, 6.45) is 1.38. The number of likely N-dealkylation sites (tertiary alicyclic amines) is 1. The fourth-order valence-corrected chi connectivity index (χ4v) is 11.3. The number of carboxylic acid groups (broad SMARTS) is 2. The monoisotopic (exact) mass is 1390 g/mol. The van der Waals surface area contributed by atoms with Crippen molar-refractivity contribution >= 4 is 93.8 Å². The van der Waals surface area contributed by atoms with Crippen molar-refractivity contribution < 1.29 is 77.6 Å². The van der Waals surface area contributed by atoms with E-state index < -0.39 is 163 Å². The number of nitrogens with one attached hydrogen (secondary N) is 10. The lowest BCUT2D eigenvalue weighted by Crippen LogP contribution is -2.61. The molecule has 2 aromatic carbocycles. The highest BCUT2D eigenvalue weighted by atomic mass is 16.4. The first-order valence-electron chi connectivity index (χ1n) is 33.5. The van der Waals surface area contributed by atoms with Crippen LogP contribution in [0.4, 0.5) is 0 Å². The number of unbranched alkanes of at least 4 members (excludes halogenated alkanes) is 2. The van der Waals surface area contributed by atoms with Gasteiger partial charge in [-0.25, -0.2) is 0 Å². The molecule has 3 aromatic rings. The van der Waals surface area contributed by atoms with Crippen LogP contribution in [-0.4, -0.2) is 195 Å². The van der Waals surface area contributed by atoms with Gasteiger partial charge in [0.05, 0.1) is 0 Å². The summed E-state index contributed by atoms with van der Waals surface area (Å²) in [6, 6.07) is -1.31. The van der Waals surface area contributed by atoms with E-state index >= 15 is 4.79 Å². The number of aromatic nitrogens is 1. The summed E-state index contributed by atoms with van der Waals surface area (Å²) in [5.41, 5.74) is 30.2. The number of aliphatic imine (C=N–C) groups is 1. The standard InChI is InChI=1S/C66H101N17O16/c1-6-37(4)55(56(69)90)82-62(96)49(33-39-21-23-41(85)24-22-39)79-61(95)47(25-27-52(86)87)76-58(92)46(19-13-31-72-66(70)71)78-65(99)54(36(2)3)81-63(97)50(34-40-35-73-43-16-8-7-15-42(40)43)80-59(93)45(18-10-12-30-68)74-57(91)44(17-9-11-29-67)75-60(94)48(26-28-53(88)89)77-64(98)51-20-14-32-83(51)38(5)84/h7-8,15-16,21-24,35-37,44-51,54-55,73,85H,6,9-14,17-20,25-34,67-68H2,1-5H3,(H2,69,90)(H,74,91)(H,75,94)(H,76,92)(H,77,98)(H,78,99)(H,79,95)(H,80,93)(H,81,97)(H,82,96)(H,86,87)(H,88,89)(H4,70,71,72). The maximum atomic E-state index is 15.0. The molecule has 99 heavy (non-hydrogen) atoms. The first kappa shape index (κ1) is 81.5. The highest BCUT2D eigenvalue weighted by molar-refractivity contribution is 6.00. The Balaban J connectivity index is 1.69. The molecule has 1 saturated heterocycles. The van der Waals surface area contributed by atoms with E-state index in [2.05, 4.69) is 57.8 Å². The molecule has 1 fully saturated rings. The van der Waals surface area contributed by atoms with Gasteiger partial charge >= 0.3 is 11.9 Å². The first-order valence-corrected chi connectivity index (χ1v) is 33.5. The summed E-state index contributed by atoms with van der Waals surface area (Å²) in [5, 5.41) is 53.8. The number of rotatable bonds is 44.